The standard InChI is InChI=1S/C21H17N3O3S/c1-12-7-8-14(9-13(12)2)17-11-28-21(22-17)23-18(25)10-24-19(26)15-5-3-4-6-16(15)20(24)27/h3-9,11H,10H2,1-2H3,(H,22,23,25). The molecule has 2 aromatic carbocycles. The van der Waals surface area contributed by atoms with E-state index in [1.807, 2.05) is 31.4 Å². The van der Waals surface area contributed by atoms with Gasteiger partial charge in [-0.15, -0.1) is 11.3 Å². The van der Waals surface area contributed by atoms with Crippen LogP contribution in [0.4, 0.5) is 5.13 Å². The van der Waals surface area contributed by atoms with Crippen molar-refractivity contribution in [1.29, 1.82) is 0 Å². The van der Waals surface area contributed by atoms with Gasteiger partial charge in [0.1, 0.15) is 6.54 Å². The number of aromatic nitrogens is 1. The number of aryl methyl sites for hydroxylation is 2. The van der Waals surface area contributed by atoms with Gasteiger partial charge in [0, 0.05) is 10.9 Å². The number of hydrogen-bond donors (Lipinski definition) is 1. The number of nitrogens with one attached hydrogen (secondary N) is 1. The third-order valence-corrected chi connectivity index (χ3v) is 5.49. The van der Waals surface area contributed by atoms with Crippen molar-refractivity contribution in [1.82, 2.24) is 9.88 Å². The molecule has 0 saturated heterocycles. The number of anilines is 1. The molecule has 0 atom stereocenters. The summed E-state index contributed by atoms with van der Waals surface area (Å²) in [5, 5.41) is 4.96. The fourth-order valence-corrected chi connectivity index (χ4v) is 3.79. The quantitative estimate of drug-likeness (QED) is 0.689. The number of nitrogens with zero attached hydrogens (tertiary/aromatic N) is 2. The third-order valence-electron chi connectivity index (χ3n) is 4.73. The number of carbonyl (C=O) groups excluding carboxylic acids is 3. The summed E-state index contributed by atoms with van der Waals surface area (Å²) >= 11 is 1.30. The highest BCUT2D eigenvalue weighted by Gasteiger charge is 2.36. The van der Waals surface area contributed by atoms with E-state index in [1.165, 1.54) is 22.5 Å². The van der Waals surface area contributed by atoms with Crippen molar-refractivity contribution in [3.8, 4) is 11.3 Å². The van der Waals surface area contributed by atoms with Crippen molar-refractivity contribution < 1.29 is 14.4 Å². The Balaban J connectivity index is 1.45. The molecule has 1 aliphatic rings. The summed E-state index contributed by atoms with van der Waals surface area (Å²) in [6.07, 6.45) is 0. The van der Waals surface area contributed by atoms with Crippen molar-refractivity contribution >= 4 is 34.2 Å². The van der Waals surface area contributed by atoms with Gasteiger partial charge in [0.2, 0.25) is 5.91 Å². The molecule has 3 amide bonds. The normalized spacial score (nSPS) is 13.0. The van der Waals surface area contributed by atoms with Crippen LogP contribution in [0.15, 0.2) is 47.8 Å². The summed E-state index contributed by atoms with van der Waals surface area (Å²) in [4.78, 5) is 42.5. The summed E-state index contributed by atoms with van der Waals surface area (Å²) in [5.74, 6) is -1.37. The second kappa shape index (κ2) is 7.01. The van der Waals surface area contributed by atoms with Crippen LogP contribution in [0.5, 0.6) is 0 Å². The van der Waals surface area contributed by atoms with Crippen LogP contribution in [-0.4, -0.2) is 34.2 Å². The average molecular weight is 391 g/mol. The van der Waals surface area contributed by atoms with Crippen LogP contribution in [0, 0.1) is 13.8 Å². The Labute approximate surface area is 165 Å². The molecule has 0 saturated carbocycles. The zero-order chi connectivity index (χ0) is 19.8. The highest BCUT2D eigenvalue weighted by atomic mass is 32.1. The van der Waals surface area contributed by atoms with Gasteiger partial charge < -0.3 is 5.32 Å². The largest absolute Gasteiger partial charge is 0.300 e. The molecule has 1 N–H and O–H groups in total. The number of benzene rings is 2. The van der Waals surface area contributed by atoms with Gasteiger partial charge >= 0.3 is 0 Å². The minimum atomic E-state index is -0.463. The molecule has 0 aliphatic carbocycles. The van der Waals surface area contributed by atoms with E-state index in [9.17, 15) is 14.4 Å². The molecule has 4 rings (SSSR count). The summed E-state index contributed by atoms with van der Waals surface area (Å²) < 4.78 is 0. The minimum absolute atomic E-state index is 0.326. The molecular formula is C21H17N3O3S. The first-order valence-electron chi connectivity index (χ1n) is 8.72. The lowest BCUT2D eigenvalue weighted by atomic mass is 10.1. The van der Waals surface area contributed by atoms with E-state index >= 15 is 0 Å². The number of amides is 3. The maximum Gasteiger partial charge on any atom is 0.262 e. The van der Waals surface area contributed by atoms with Crippen molar-refractivity contribution in [2.45, 2.75) is 13.8 Å². The van der Waals surface area contributed by atoms with E-state index in [4.69, 9.17) is 0 Å². The smallest absolute Gasteiger partial charge is 0.262 e. The molecule has 3 aromatic rings. The predicted octanol–water partition coefficient (Wildman–Crippen LogP) is 3.66. The zero-order valence-electron chi connectivity index (χ0n) is 15.4. The van der Waals surface area contributed by atoms with Crippen LogP contribution < -0.4 is 5.32 Å². The number of rotatable bonds is 4. The SMILES string of the molecule is Cc1ccc(-c2csc(NC(=O)CN3C(=O)c4ccccc4C3=O)n2)cc1C. The van der Waals surface area contributed by atoms with Crippen LogP contribution in [0.1, 0.15) is 31.8 Å². The Morgan fingerprint density at radius 1 is 1.04 bits per heavy atom. The first kappa shape index (κ1) is 18.1. The average Bonchev–Trinajstić information content (AvgIpc) is 3.23. The van der Waals surface area contributed by atoms with Gasteiger partial charge in [-0.05, 0) is 43.2 Å². The number of carbonyl (C=O) groups is 3. The van der Waals surface area contributed by atoms with Crippen LogP contribution in [-0.2, 0) is 4.79 Å². The van der Waals surface area contributed by atoms with Crippen LogP contribution >= 0.6 is 11.3 Å². The Kier molecular flexibility index (Phi) is 4.52. The molecule has 0 radical (unpaired) electrons. The first-order valence-corrected chi connectivity index (χ1v) is 9.60. The molecule has 1 aliphatic heterocycles. The van der Waals surface area contributed by atoms with Gasteiger partial charge in [0.15, 0.2) is 5.13 Å². The van der Waals surface area contributed by atoms with Crippen LogP contribution in [0.25, 0.3) is 11.3 Å². The van der Waals surface area contributed by atoms with Gasteiger partial charge in [0.05, 0.1) is 16.8 Å². The van der Waals surface area contributed by atoms with Crippen molar-refractivity contribution in [2.24, 2.45) is 0 Å². The van der Waals surface area contributed by atoms with E-state index in [1.54, 1.807) is 24.3 Å². The lowest BCUT2D eigenvalue weighted by molar-refractivity contribution is -0.116. The number of fused-ring (bicyclic) bond motifs is 1. The second-order valence-electron chi connectivity index (χ2n) is 6.63. The lowest BCUT2D eigenvalue weighted by Crippen LogP contribution is -2.37. The van der Waals surface area contributed by atoms with Crippen molar-refractivity contribution in [3.63, 3.8) is 0 Å². The molecule has 1 aromatic heterocycles. The maximum absolute atomic E-state index is 12.4. The molecule has 0 fully saturated rings. The Morgan fingerprint density at radius 3 is 2.36 bits per heavy atom. The summed E-state index contributed by atoms with van der Waals surface area (Å²) in [5.41, 5.74) is 4.76. The van der Waals surface area contributed by atoms with Gasteiger partial charge in [-0.25, -0.2) is 4.98 Å². The molecule has 0 spiro atoms. The van der Waals surface area contributed by atoms with Gasteiger partial charge in [-0.1, -0.05) is 24.3 Å². The van der Waals surface area contributed by atoms with E-state index in [2.05, 4.69) is 16.4 Å². The third kappa shape index (κ3) is 3.20. The van der Waals surface area contributed by atoms with Crippen LogP contribution in [0.2, 0.25) is 0 Å². The molecule has 2 heterocycles. The van der Waals surface area contributed by atoms with Gasteiger partial charge in [-0.2, -0.15) is 0 Å². The second-order valence-corrected chi connectivity index (χ2v) is 7.49. The molecule has 7 heteroatoms. The molecule has 6 nitrogen and oxygen atoms in total. The summed E-state index contributed by atoms with van der Waals surface area (Å²) in [6, 6.07) is 12.6. The van der Waals surface area contributed by atoms with E-state index in [-0.39, 0.29) is 6.54 Å². The Morgan fingerprint density at radius 2 is 1.71 bits per heavy atom. The molecular weight excluding hydrogens is 374 g/mol. The zero-order valence-corrected chi connectivity index (χ0v) is 16.2. The van der Waals surface area contributed by atoms with E-state index in [0.29, 0.717) is 16.3 Å². The Bertz CT molecular complexity index is 1080. The molecule has 0 unspecified atom stereocenters. The van der Waals surface area contributed by atoms with Crippen LogP contribution in [0.3, 0.4) is 0 Å². The fraction of sp³-hybridized carbons (Fsp3) is 0.143. The topological polar surface area (TPSA) is 79.4 Å². The summed E-state index contributed by atoms with van der Waals surface area (Å²) in [6.45, 7) is 3.74. The molecule has 28 heavy (non-hydrogen) atoms. The lowest BCUT2D eigenvalue weighted by Gasteiger charge is -2.12. The minimum Gasteiger partial charge on any atom is -0.300 e. The monoisotopic (exact) mass is 391 g/mol. The maximum atomic E-state index is 12.4. The molecule has 140 valence electrons. The highest BCUT2D eigenvalue weighted by molar-refractivity contribution is 7.14. The van der Waals surface area contributed by atoms with Crippen molar-refractivity contribution in [2.75, 3.05) is 11.9 Å². The first-order chi connectivity index (χ1) is 13.4. The Hall–Kier alpha value is -3.32. The van der Waals surface area contributed by atoms with E-state index < -0.39 is 17.7 Å². The fourth-order valence-electron chi connectivity index (χ4n) is 3.05. The van der Waals surface area contributed by atoms with Gasteiger partial charge in [0.25, 0.3) is 11.8 Å². The number of imide groups is 1. The predicted molar refractivity (Wildman–Crippen MR) is 107 cm³/mol. The number of thiazole rings is 1. The van der Waals surface area contributed by atoms with E-state index in [0.717, 1.165) is 16.2 Å². The van der Waals surface area contributed by atoms with Gasteiger partial charge in [-0.3, -0.25) is 19.3 Å². The highest BCUT2D eigenvalue weighted by Crippen LogP contribution is 2.27. The molecule has 0 bridgehead atoms. The summed E-state index contributed by atoms with van der Waals surface area (Å²) in [7, 11) is 0. The van der Waals surface area contributed by atoms with Crippen molar-refractivity contribution in [3.05, 3.63) is 70.1 Å². The number of hydrogen-bond acceptors (Lipinski definition) is 5.